The van der Waals surface area contributed by atoms with E-state index < -0.39 is 0 Å². The lowest BCUT2D eigenvalue weighted by atomic mass is 10.1. The molecule has 1 amide bonds. The van der Waals surface area contributed by atoms with Gasteiger partial charge in [-0.3, -0.25) is 9.89 Å². The number of anilines is 2. The fraction of sp³-hybridized carbons (Fsp3) is 0.269. The van der Waals surface area contributed by atoms with Gasteiger partial charge in [0.05, 0.1) is 35.3 Å². The number of halogens is 2. The van der Waals surface area contributed by atoms with E-state index >= 15 is 0 Å². The maximum absolute atomic E-state index is 13.1. The highest BCUT2D eigenvalue weighted by Gasteiger charge is 2.21. The number of nitrogens with zero attached hydrogens (tertiary/aromatic N) is 4. The van der Waals surface area contributed by atoms with Crippen LogP contribution in [0.3, 0.4) is 0 Å². The molecule has 1 saturated heterocycles. The Balaban J connectivity index is 1.41. The largest absolute Gasteiger partial charge is 0.495 e. The van der Waals surface area contributed by atoms with Crippen LogP contribution in [0.25, 0.3) is 22.3 Å². The second kappa shape index (κ2) is 10.5. The van der Waals surface area contributed by atoms with Gasteiger partial charge >= 0.3 is 0 Å². The van der Waals surface area contributed by atoms with Crippen molar-refractivity contribution in [3.05, 3.63) is 58.1 Å². The molecule has 2 N–H and O–H groups in total. The van der Waals surface area contributed by atoms with Gasteiger partial charge in [-0.05, 0) is 37.4 Å². The fourth-order valence-electron chi connectivity index (χ4n) is 4.34. The molecule has 9 nitrogen and oxygen atoms in total. The minimum absolute atomic E-state index is 0.253. The summed E-state index contributed by atoms with van der Waals surface area (Å²) in [6.07, 6.45) is 0. The molecule has 0 saturated carbocycles. The molecule has 0 aliphatic carbocycles. The second-order valence-electron chi connectivity index (χ2n) is 8.74. The molecule has 1 aliphatic rings. The van der Waals surface area contributed by atoms with Gasteiger partial charge in [-0.1, -0.05) is 29.3 Å². The molecule has 3 heterocycles. The third kappa shape index (κ3) is 4.90. The van der Waals surface area contributed by atoms with Crippen LogP contribution in [0.4, 0.5) is 11.5 Å². The standard InChI is InChI=1S/C26H26Cl2N6O3/c1-33-9-11-34(12-10-33)16-6-4-5-15(13-16)26(35)30-25-17-7-8-18(29-24(17)31-32-25)21-22(27)19(36-2)14-20(37-3)23(21)28/h4-8,13-14H,9-12H2,1-3H3,(H2,29,30,31,32,35). The van der Waals surface area contributed by atoms with Gasteiger partial charge < -0.3 is 24.6 Å². The molecule has 5 rings (SSSR count). The first-order chi connectivity index (χ1) is 17.9. The lowest BCUT2D eigenvalue weighted by molar-refractivity contribution is 0.102. The van der Waals surface area contributed by atoms with Crippen molar-refractivity contribution >= 4 is 51.6 Å². The van der Waals surface area contributed by atoms with Crippen LogP contribution < -0.4 is 19.7 Å². The van der Waals surface area contributed by atoms with E-state index in [4.69, 9.17) is 32.7 Å². The van der Waals surface area contributed by atoms with Crippen molar-refractivity contribution in [2.45, 2.75) is 0 Å². The van der Waals surface area contributed by atoms with Crippen molar-refractivity contribution in [2.24, 2.45) is 0 Å². The Kier molecular flexibility index (Phi) is 7.10. The third-order valence-corrected chi connectivity index (χ3v) is 7.21. The quantitative estimate of drug-likeness (QED) is 0.357. The van der Waals surface area contributed by atoms with E-state index in [1.807, 2.05) is 18.2 Å². The molecular formula is C26H26Cl2N6O3. The van der Waals surface area contributed by atoms with Crippen LogP contribution in [0, 0.1) is 0 Å². The van der Waals surface area contributed by atoms with E-state index in [-0.39, 0.29) is 5.91 Å². The number of aromatic nitrogens is 3. The molecule has 4 aromatic rings. The predicted molar refractivity (Wildman–Crippen MR) is 147 cm³/mol. The number of amides is 1. The first-order valence-corrected chi connectivity index (χ1v) is 12.5. The Morgan fingerprint density at radius 1 is 1.00 bits per heavy atom. The van der Waals surface area contributed by atoms with Crippen molar-refractivity contribution < 1.29 is 14.3 Å². The zero-order valence-electron chi connectivity index (χ0n) is 20.6. The maximum atomic E-state index is 13.1. The van der Waals surface area contributed by atoms with Gasteiger partial charge in [-0.15, -0.1) is 0 Å². The number of hydrogen-bond acceptors (Lipinski definition) is 7. The van der Waals surface area contributed by atoms with Crippen molar-refractivity contribution in [1.82, 2.24) is 20.1 Å². The highest BCUT2D eigenvalue weighted by atomic mass is 35.5. The van der Waals surface area contributed by atoms with E-state index in [1.165, 1.54) is 14.2 Å². The molecule has 0 unspecified atom stereocenters. The average molecular weight is 541 g/mol. The number of benzene rings is 2. The Bertz CT molecular complexity index is 1440. The Hall–Kier alpha value is -3.53. The highest BCUT2D eigenvalue weighted by molar-refractivity contribution is 6.41. The van der Waals surface area contributed by atoms with Crippen LogP contribution in [0.2, 0.25) is 10.0 Å². The number of rotatable bonds is 6. The average Bonchev–Trinajstić information content (AvgIpc) is 3.31. The van der Waals surface area contributed by atoms with Crippen LogP contribution in [0.5, 0.6) is 11.5 Å². The summed E-state index contributed by atoms with van der Waals surface area (Å²) < 4.78 is 10.7. The molecule has 2 aromatic heterocycles. The highest BCUT2D eigenvalue weighted by Crippen LogP contribution is 2.45. The number of H-pyrrole nitrogens is 1. The summed E-state index contributed by atoms with van der Waals surface area (Å²) in [5, 5.41) is 11.3. The van der Waals surface area contributed by atoms with Gasteiger partial charge in [0.25, 0.3) is 5.91 Å². The van der Waals surface area contributed by atoms with E-state index in [0.717, 1.165) is 31.9 Å². The summed E-state index contributed by atoms with van der Waals surface area (Å²) in [6, 6.07) is 12.8. The van der Waals surface area contributed by atoms with Crippen molar-refractivity contribution in [3.8, 4) is 22.8 Å². The van der Waals surface area contributed by atoms with Crippen LogP contribution in [0.15, 0.2) is 42.5 Å². The number of ether oxygens (including phenoxy) is 2. The summed E-state index contributed by atoms with van der Waals surface area (Å²) in [7, 11) is 5.14. The number of pyridine rings is 1. The number of fused-ring (bicyclic) bond motifs is 1. The molecule has 192 valence electrons. The number of hydrogen-bond donors (Lipinski definition) is 2. The van der Waals surface area contributed by atoms with Crippen molar-refractivity contribution in [3.63, 3.8) is 0 Å². The predicted octanol–water partition coefficient (Wildman–Crippen LogP) is 4.95. The van der Waals surface area contributed by atoms with Crippen LogP contribution in [-0.2, 0) is 0 Å². The molecule has 11 heteroatoms. The smallest absolute Gasteiger partial charge is 0.256 e. The molecule has 2 aromatic carbocycles. The monoisotopic (exact) mass is 540 g/mol. The molecule has 0 radical (unpaired) electrons. The summed E-state index contributed by atoms with van der Waals surface area (Å²) in [5.74, 6) is 0.953. The molecule has 0 spiro atoms. The zero-order chi connectivity index (χ0) is 26.1. The number of nitrogens with one attached hydrogen (secondary N) is 2. The SMILES string of the molecule is COc1cc(OC)c(Cl)c(-c2ccc3c(NC(=O)c4cccc(N5CCN(C)CC5)c4)n[nH]c3n2)c1Cl. The second-order valence-corrected chi connectivity index (χ2v) is 9.50. The topological polar surface area (TPSA) is 95.6 Å². The van der Waals surface area contributed by atoms with Gasteiger partial charge in [-0.25, -0.2) is 4.98 Å². The van der Waals surface area contributed by atoms with Crippen molar-refractivity contribution in [1.29, 1.82) is 0 Å². The summed E-state index contributed by atoms with van der Waals surface area (Å²) in [5.41, 5.74) is 3.02. The zero-order valence-corrected chi connectivity index (χ0v) is 22.2. The van der Waals surface area contributed by atoms with E-state index in [2.05, 4.69) is 37.3 Å². The first-order valence-electron chi connectivity index (χ1n) is 11.7. The minimum atomic E-state index is -0.253. The molecule has 0 bridgehead atoms. The van der Waals surface area contributed by atoms with Crippen LogP contribution in [-0.4, -0.2) is 73.4 Å². The molecular weight excluding hydrogens is 515 g/mol. The number of methoxy groups -OCH3 is 2. The lowest BCUT2D eigenvalue weighted by Gasteiger charge is -2.34. The van der Waals surface area contributed by atoms with E-state index in [0.29, 0.717) is 55.2 Å². The molecule has 37 heavy (non-hydrogen) atoms. The Morgan fingerprint density at radius 2 is 1.70 bits per heavy atom. The fourth-order valence-corrected chi connectivity index (χ4v) is 5.03. The lowest BCUT2D eigenvalue weighted by Crippen LogP contribution is -2.44. The van der Waals surface area contributed by atoms with Gasteiger partial charge in [0.15, 0.2) is 11.5 Å². The van der Waals surface area contributed by atoms with Crippen molar-refractivity contribution in [2.75, 3.05) is 57.7 Å². The Morgan fingerprint density at radius 3 is 2.38 bits per heavy atom. The number of carbonyl (C=O) groups is 1. The van der Waals surface area contributed by atoms with Gasteiger partial charge in [0.1, 0.15) is 11.5 Å². The van der Waals surface area contributed by atoms with E-state index in [1.54, 1.807) is 24.3 Å². The van der Waals surface area contributed by atoms with Crippen LogP contribution >= 0.6 is 23.2 Å². The summed E-state index contributed by atoms with van der Waals surface area (Å²) in [4.78, 5) is 22.3. The third-order valence-electron chi connectivity index (χ3n) is 6.46. The molecule has 1 fully saturated rings. The number of piperazine rings is 1. The number of aromatic amines is 1. The van der Waals surface area contributed by atoms with E-state index in [9.17, 15) is 4.79 Å². The normalized spacial score (nSPS) is 14.1. The first kappa shape index (κ1) is 25.1. The number of likely N-dealkylation sites (N-methyl/N-ethyl adjacent to an activating group) is 1. The minimum Gasteiger partial charge on any atom is -0.495 e. The maximum Gasteiger partial charge on any atom is 0.256 e. The van der Waals surface area contributed by atoms with Gasteiger partial charge in [0.2, 0.25) is 0 Å². The molecule has 0 atom stereocenters. The summed E-state index contributed by atoms with van der Waals surface area (Å²) >= 11 is 13.1. The Labute approximate surface area is 224 Å². The molecule has 1 aliphatic heterocycles. The number of carbonyl (C=O) groups excluding carboxylic acids is 1. The van der Waals surface area contributed by atoms with Gasteiger partial charge in [0, 0.05) is 49.1 Å². The van der Waals surface area contributed by atoms with Gasteiger partial charge in [-0.2, -0.15) is 5.10 Å². The van der Waals surface area contributed by atoms with Crippen LogP contribution in [0.1, 0.15) is 10.4 Å². The summed E-state index contributed by atoms with van der Waals surface area (Å²) in [6.45, 7) is 3.83.